The molecule has 0 aliphatic carbocycles. The highest BCUT2D eigenvalue weighted by Gasteiger charge is 2.35. The topological polar surface area (TPSA) is 116 Å². The Labute approximate surface area is 218 Å². The Balaban J connectivity index is 1.72. The summed E-state index contributed by atoms with van der Waals surface area (Å²) in [5, 5.41) is 12.9. The highest BCUT2D eigenvalue weighted by Crippen LogP contribution is 2.28. The number of nitrogens with one attached hydrogen (secondary N) is 1. The maximum absolute atomic E-state index is 13.0. The van der Waals surface area contributed by atoms with Gasteiger partial charge in [0.15, 0.2) is 23.2 Å². The zero-order valence-corrected chi connectivity index (χ0v) is 21.9. The number of methoxy groups -OCH3 is 1. The molecule has 0 bridgehead atoms. The summed E-state index contributed by atoms with van der Waals surface area (Å²) in [5.41, 5.74) is 0.963. The van der Waals surface area contributed by atoms with Crippen molar-refractivity contribution in [1.82, 2.24) is 10.3 Å². The van der Waals surface area contributed by atoms with Crippen LogP contribution in [0.5, 0.6) is 11.5 Å². The first-order valence-electron chi connectivity index (χ1n) is 12.9. The number of hydrogen-bond donors (Lipinski definition) is 2. The van der Waals surface area contributed by atoms with Gasteiger partial charge < -0.3 is 29.4 Å². The number of pyridine rings is 1. The van der Waals surface area contributed by atoms with Crippen molar-refractivity contribution < 1.29 is 33.6 Å². The summed E-state index contributed by atoms with van der Waals surface area (Å²) in [6.45, 7) is 4.80. The molecule has 0 saturated carbocycles. The number of hydrogen-bond acceptors (Lipinski definition) is 8. The van der Waals surface area contributed by atoms with E-state index in [9.17, 15) is 14.7 Å². The zero-order valence-electron chi connectivity index (χ0n) is 21.9. The number of rotatable bonds is 11. The van der Waals surface area contributed by atoms with Gasteiger partial charge in [-0.3, -0.25) is 4.79 Å². The number of carbonyl (C=O) groups excluding carboxylic acids is 2. The molecule has 1 aliphatic heterocycles. The Hall–Kier alpha value is -3.17. The lowest BCUT2D eigenvalue weighted by Crippen LogP contribution is -2.46. The predicted octanol–water partition coefficient (Wildman–Crippen LogP) is 3.68. The van der Waals surface area contributed by atoms with Crippen LogP contribution in [0.25, 0.3) is 0 Å². The van der Waals surface area contributed by atoms with Crippen LogP contribution < -0.4 is 10.1 Å². The number of carbonyl (C=O) groups is 2. The SMILES string of the molecule is CCCCCOC1C(CCc2ccccc2)COCC(NC(=O)c2nccc(OC)c2O)C(=O)OC1C. The molecule has 2 N–H and O–H groups in total. The van der Waals surface area contributed by atoms with Gasteiger partial charge in [-0.05, 0) is 31.7 Å². The van der Waals surface area contributed by atoms with E-state index >= 15 is 0 Å². The van der Waals surface area contributed by atoms with E-state index < -0.39 is 29.8 Å². The summed E-state index contributed by atoms with van der Waals surface area (Å²) in [7, 11) is 1.37. The Morgan fingerprint density at radius 2 is 1.97 bits per heavy atom. The van der Waals surface area contributed by atoms with Crippen molar-refractivity contribution in [2.24, 2.45) is 5.92 Å². The second-order valence-electron chi connectivity index (χ2n) is 9.24. The van der Waals surface area contributed by atoms with Crippen LogP contribution in [0.4, 0.5) is 0 Å². The summed E-state index contributed by atoms with van der Waals surface area (Å²) in [6.07, 6.45) is 5.15. The summed E-state index contributed by atoms with van der Waals surface area (Å²) >= 11 is 0. The molecule has 2 aromatic rings. The smallest absolute Gasteiger partial charge is 0.331 e. The van der Waals surface area contributed by atoms with Gasteiger partial charge in [-0.1, -0.05) is 50.1 Å². The van der Waals surface area contributed by atoms with Crippen molar-refractivity contribution >= 4 is 11.9 Å². The van der Waals surface area contributed by atoms with Gasteiger partial charge in [0.05, 0.1) is 26.4 Å². The van der Waals surface area contributed by atoms with Gasteiger partial charge >= 0.3 is 5.97 Å². The van der Waals surface area contributed by atoms with Gasteiger partial charge in [0.1, 0.15) is 6.10 Å². The maximum Gasteiger partial charge on any atom is 0.331 e. The minimum atomic E-state index is -1.07. The molecule has 1 aliphatic rings. The van der Waals surface area contributed by atoms with Crippen molar-refractivity contribution in [1.29, 1.82) is 0 Å². The van der Waals surface area contributed by atoms with Crippen molar-refractivity contribution in [3.63, 3.8) is 0 Å². The van der Waals surface area contributed by atoms with Crippen LogP contribution in [0, 0.1) is 5.92 Å². The first-order chi connectivity index (χ1) is 17.9. The zero-order chi connectivity index (χ0) is 26.6. The number of nitrogens with zero attached hydrogens (tertiary/aromatic N) is 1. The molecule has 4 unspecified atom stereocenters. The average Bonchev–Trinajstić information content (AvgIpc) is 2.95. The third-order valence-corrected chi connectivity index (χ3v) is 6.46. The molecular weight excluding hydrogens is 476 g/mol. The van der Waals surface area contributed by atoms with Crippen molar-refractivity contribution in [3.8, 4) is 11.5 Å². The van der Waals surface area contributed by atoms with Crippen LogP contribution in [0.2, 0.25) is 0 Å². The number of aryl methyl sites for hydroxylation is 1. The Morgan fingerprint density at radius 1 is 1.19 bits per heavy atom. The van der Waals surface area contributed by atoms with E-state index in [4.69, 9.17) is 18.9 Å². The van der Waals surface area contributed by atoms with Crippen LogP contribution in [-0.2, 0) is 25.4 Å². The summed E-state index contributed by atoms with van der Waals surface area (Å²) in [5.74, 6) is -1.68. The van der Waals surface area contributed by atoms with Gasteiger partial charge in [-0.2, -0.15) is 0 Å². The number of aromatic hydroxyl groups is 1. The molecule has 9 nitrogen and oxygen atoms in total. The van der Waals surface area contributed by atoms with E-state index in [-0.39, 0.29) is 30.1 Å². The number of unbranched alkanes of at least 4 members (excludes halogenated alkanes) is 2. The van der Waals surface area contributed by atoms with Gasteiger partial charge in [0.25, 0.3) is 5.91 Å². The molecule has 202 valence electrons. The number of esters is 1. The van der Waals surface area contributed by atoms with Gasteiger partial charge in [0.2, 0.25) is 0 Å². The van der Waals surface area contributed by atoms with Crippen molar-refractivity contribution in [2.45, 2.75) is 64.2 Å². The summed E-state index contributed by atoms with van der Waals surface area (Å²) in [6, 6.07) is 10.6. The van der Waals surface area contributed by atoms with Crippen LogP contribution in [0.1, 0.15) is 55.6 Å². The predicted molar refractivity (Wildman–Crippen MR) is 138 cm³/mol. The standard InChI is InChI=1S/C28H38N2O7/c1-4-5-9-16-36-26-19(2)37-28(33)22(30-27(32)24-25(31)23(34-3)14-15-29-24)18-35-17-21(26)13-12-20-10-7-6-8-11-20/h6-8,10-11,14-15,19,21-22,26,31H,4-5,9,12-13,16-18H2,1-3H3,(H,30,32). The molecule has 1 fully saturated rings. The van der Waals surface area contributed by atoms with E-state index in [1.54, 1.807) is 0 Å². The quantitative estimate of drug-likeness (QED) is 0.345. The molecule has 1 aromatic heterocycles. The van der Waals surface area contributed by atoms with Crippen LogP contribution >= 0.6 is 0 Å². The molecule has 9 heteroatoms. The highest BCUT2D eigenvalue weighted by molar-refractivity contribution is 5.98. The molecular formula is C28H38N2O7. The molecule has 37 heavy (non-hydrogen) atoms. The number of cyclic esters (lactones) is 1. The van der Waals surface area contributed by atoms with Gasteiger partial charge in [-0.15, -0.1) is 0 Å². The molecule has 1 saturated heterocycles. The molecule has 1 amide bonds. The summed E-state index contributed by atoms with van der Waals surface area (Å²) < 4.78 is 23.0. The molecule has 0 spiro atoms. The number of benzene rings is 1. The number of amides is 1. The first-order valence-corrected chi connectivity index (χ1v) is 12.9. The minimum absolute atomic E-state index is 0.0109. The largest absolute Gasteiger partial charge is 0.503 e. The van der Waals surface area contributed by atoms with Crippen LogP contribution in [0.15, 0.2) is 42.6 Å². The van der Waals surface area contributed by atoms with Crippen molar-refractivity contribution in [3.05, 3.63) is 53.9 Å². The van der Waals surface area contributed by atoms with Crippen molar-refractivity contribution in [2.75, 3.05) is 26.9 Å². The van der Waals surface area contributed by atoms with Gasteiger partial charge in [0, 0.05) is 24.8 Å². The lowest BCUT2D eigenvalue weighted by molar-refractivity contribution is -0.160. The Bertz CT molecular complexity index is 1000. The number of ether oxygens (including phenoxy) is 4. The Kier molecular flexibility index (Phi) is 11.2. The fourth-order valence-electron chi connectivity index (χ4n) is 4.40. The number of aromatic nitrogens is 1. The molecule has 0 radical (unpaired) electrons. The van der Waals surface area contributed by atoms with E-state index in [0.717, 1.165) is 32.1 Å². The van der Waals surface area contributed by atoms with E-state index in [0.29, 0.717) is 13.2 Å². The van der Waals surface area contributed by atoms with E-state index in [1.165, 1.54) is 24.9 Å². The first kappa shape index (κ1) is 28.4. The molecule has 2 heterocycles. The van der Waals surface area contributed by atoms with Gasteiger partial charge in [-0.25, -0.2) is 9.78 Å². The monoisotopic (exact) mass is 514 g/mol. The molecule has 1 aromatic carbocycles. The minimum Gasteiger partial charge on any atom is -0.503 e. The van der Waals surface area contributed by atoms with Crippen LogP contribution in [0.3, 0.4) is 0 Å². The Morgan fingerprint density at radius 3 is 2.70 bits per heavy atom. The summed E-state index contributed by atoms with van der Waals surface area (Å²) in [4.78, 5) is 29.8. The van der Waals surface area contributed by atoms with Crippen LogP contribution in [-0.4, -0.2) is 67.1 Å². The second-order valence-corrected chi connectivity index (χ2v) is 9.24. The van der Waals surface area contributed by atoms with E-state index in [2.05, 4.69) is 29.4 Å². The molecule has 4 atom stereocenters. The maximum atomic E-state index is 13.0. The van der Waals surface area contributed by atoms with E-state index in [1.807, 2.05) is 25.1 Å². The third-order valence-electron chi connectivity index (χ3n) is 6.46. The highest BCUT2D eigenvalue weighted by atomic mass is 16.6. The fourth-order valence-corrected chi connectivity index (χ4v) is 4.40. The second kappa shape index (κ2) is 14.5. The molecule has 3 rings (SSSR count). The fraction of sp³-hybridized carbons (Fsp3) is 0.536. The lowest BCUT2D eigenvalue weighted by Gasteiger charge is -2.31. The average molecular weight is 515 g/mol. The normalized spacial score (nSPS) is 22.3. The third kappa shape index (κ3) is 8.16. The lowest BCUT2D eigenvalue weighted by atomic mass is 9.92.